The maximum atomic E-state index is 11.4. The van der Waals surface area contributed by atoms with Gasteiger partial charge >= 0.3 is 0 Å². The Morgan fingerprint density at radius 2 is 2.10 bits per heavy atom. The van der Waals surface area contributed by atoms with Gasteiger partial charge < -0.3 is 10.2 Å². The van der Waals surface area contributed by atoms with Gasteiger partial charge in [0.25, 0.3) is 0 Å². The summed E-state index contributed by atoms with van der Waals surface area (Å²) in [6, 6.07) is 7.11. The van der Waals surface area contributed by atoms with Gasteiger partial charge in [-0.15, -0.1) is 0 Å². The Balaban J connectivity index is 2.16. The fourth-order valence-electron chi connectivity index (χ4n) is 3.12. The van der Waals surface area contributed by atoms with E-state index in [9.17, 15) is 4.79 Å². The molecule has 3 nitrogen and oxygen atoms in total. The summed E-state index contributed by atoms with van der Waals surface area (Å²) in [5.74, 6) is -0.122. The van der Waals surface area contributed by atoms with Crippen LogP contribution in [0.1, 0.15) is 43.2 Å². The van der Waals surface area contributed by atoms with Crippen LogP contribution in [0.4, 0.5) is 5.69 Å². The van der Waals surface area contributed by atoms with Crippen LogP contribution in [0.2, 0.25) is 0 Å². The average Bonchev–Trinajstić information content (AvgIpc) is 2.53. The Bertz CT molecular complexity index is 504. The number of rotatable bonds is 5. The summed E-state index contributed by atoms with van der Waals surface area (Å²) >= 11 is 0. The molecule has 0 aromatic heterocycles. The second-order valence-electron chi connectivity index (χ2n) is 5.96. The molecule has 0 radical (unpaired) electrons. The number of benzene rings is 1. The van der Waals surface area contributed by atoms with E-state index in [1.165, 1.54) is 55.0 Å². The molecule has 1 saturated carbocycles. The largest absolute Gasteiger partial charge is 0.371 e. The van der Waals surface area contributed by atoms with Gasteiger partial charge in [0.2, 0.25) is 5.91 Å². The lowest BCUT2D eigenvalue weighted by molar-refractivity contribution is -0.116. The average molecular weight is 286 g/mol. The van der Waals surface area contributed by atoms with Crippen LogP contribution >= 0.6 is 0 Å². The normalized spacial score (nSPS) is 15.5. The minimum absolute atomic E-state index is 0.122. The first-order valence-corrected chi connectivity index (χ1v) is 7.84. The summed E-state index contributed by atoms with van der Waals surface area (Å²) in [5.41, 5.74) is 3.63. The van der Waals surface area contributed by atoms with Crippen LogP contribution in [0.15, 0.2) is 30.9 Å². The predicted octanol–water partition coefficient (Wildman–Crippen LogP) is 3.57. The van der Waals surface area contributed by atoms with Crippen molar-refractivity contribution in [3.8, 4) is 0 Å². The maximum Gasteiger partial charge on any atom is 0.243 e. The zero-order valence-electron chi connectivity index (χ0n) is 13.2. The van der Waals surface area contributed by atoms with Gasteiger partial charge in [0.15, 0.2) is 0 Å². The minimum Gasteiger partial charge on any atom is -0.371 e. The van der Waals surface area contributed by atoms with Crippen molar-refractivity contribution < 1.29 is 4.79 Å². The van der Waals surface area contributed by atoms with E-state index in [0.29, 0.717) is 12.6 Å². The lowest BCUT2D eigenvalue weighted by atomic mass is 9.93. The molecule has 0 bridgehead atoms. The Morgan fingerprint density at radius 3 is 2.76 bits per heavy atom. The highest BCUT2D eigenvalue weighted by Crippen LogP contribution is 2.29. The molecule has 0 heterocycles. The molecule has 0 aliphatic heterocycles. The van der Waals surface area contributed by atoms with Gasteiger partial charge in [-0.2, -0.15) is 0 Å². The predicted molar refractivity (Wildman–Crippen MR) is 88.5 cm³/mol. The van der Waals surface area contributed by atoms with Crippen molar-refractivity contribution in [3.05, 3.63) is 42.0 Å². The molecule has 21 heavy (non-hydrogen) atoms. The first kappa shape index (κ1) is 15.6. The third kappa shape index (κ3) is 4.10. The molecule has 0 atom stereocenters. The highest BCUT2D eigenvalue weighted by Gasteiger charge is 2.20. The molecule has 1 amide bonds. The quantitative estimate of drug-likeness (QED) is 0.839. The third-order valence-corrected chi connectivity index (χ3v) is 4.38. The Kier molecular flexibility index (Phi) is 5.43. The molecule has 0 unspecified atom stereocenters. The second kappa shape index (κ2) is 7.30. The van der Waals surface area contributed by atoms with E-state index in [1.807, 2.05) is 0 Å². The summed E-state index contributed by atoms with van der Waals surface area (Å²) in [5, 5.41) is 2.89. The zero-order chi connectivity index (χ0) is 15.2. The molecule has 1 N–H and O–H groups in total. The number of hydrogen-bond acceptors (Lipinski definition) is 2. The van der Waals surface area contributed by atoms with Crippen LogP contribution in [0, 0.1) is 6.92 Å². The number of nitrogens with one attached hydrogen (secondary N) is 1. The fraction of sp³-hybridized carbons (Fsp3) is 0.500. The third-order valence-electron chi connectivity index (χ3n) is 4.38. The van der Waals surface area contributed by atoms with Gasteiger partial charge in [0.1, 0.15) is 0 Å². The van der Waals surface area contributed by atoms with Crippen LogP contribution in [0.25, 0.3) is 0 Å². The molecular weight excluding hydrogens is 260 g/mol. The lowest BCUT2D eigenvalue weighted by Gasteiger charge is -2.34. The van der Waals surface area contributed by atoms with Crippen molar-refractivity contribution >= 4 is 11.6 Å². The number of carbonyl (C=O) groups excluding carboxylic acids is 1. The summed E-state index contributed by atoms with van der Waals surface area (Å²) in [6.45, 7) is 6.14. The molecule has 1 fully saturated rings. The Hall–Kier alpha value is -1.77. The van der Waals surface area contributed by atoms with Crippen LogP contribution in [-0.2, 0) is 11.3 Å². The van der Waals surface area contributed by atoms with Crippen molar-refractivity contribution in [1.82, 2.24) is 5.32 Å². The number of aryl methyl sites for hydroxylation is 1. The SMILES string of the molecule is C=CC(=O)NCc1cc(C)ccc1N(C)C1CCCCC1. The van der Waals surface area contributed by atoms with Gasteiger partial charge in [-0.25, -0.2) is 0 Å². The van der Waals surface area contributed by atoms with Crippen molar-refractivity contribution in [2.75, 3.05) is 11.9 Å². The molecule has 114 valence electrons. The van der Waals surface area contributed by atoms with Crippen LogP contribution in [-0.4, -0.2) is 19.0 Å². The van der Waals surface area contributed by atoms with Crippen molar-refractivity contribution in [1.29, 1.82) is 0 Å². The number of amides is 1. The summed E-state index contributed by atoms with van der Waals surface area (Å²) < 4.78 is 0. The molecule has 3 heteroatoms. The van der Waals surface area contributed by atoms with Gasteiger partial charge in [0, 0.05) is 25.3 Å². The molecule has 1 aliphatic carbocycles. The topological polar surface area (TPSA) is 32.3 Å². The van der Waals surface area contributed by atoms with Crippen LogP contribution in [0.5, 0.6) is 0 Å². The Labute approximate surface area is 128 Å². The van der Waals surface area contributed by atoms with E-state index >= 15 is 0 Å². The second-order valence-corrected chi connectivity index (χ2v) is 5.96. The first-order valence-electron chi connectivity index (χ1n) is 7.84. The number of carbonyl (C=O) groups is 1. The highest BCUT2D eigenvalue weighted by atomic mass is 16.1. The van der Waals surface area contributed by atoms with Crippen molar-refractivity contribution in [2.45, 2.75) is 51.6 Å². The van der Waals surface area contributed by atoms with Crippen molar-refractivity contribution in [3.63, 3.8) is 0 Å². The first-order chi connectivity index (χ1) is 10.1. The van der Waals surface area contributed by atoms with Crippen LogP contribution in [0.3, 0.4) is 0 Å². The summed E-state index contributed by atoms with van der Waals surface area (Å²) in [7, 11) is 2.18. The summed E-state index contributed by atoms with van der Waals surface area (Å²) in [6.07, 6.45) is 7.86. The molecule has 1 aliphatic rings. The minimum atomic E-state index is -0.122. The highest BCUT2D eigenvalue weighted by molar-refractivity contribution is 5.86. The van der Waals surface area contributed by atoms with E-state index in [2.05, 4.69) is 49.0 Å². The monoisotopic (exact) mass is 286 g/mol. The standard InChI is InChI=1S/C18H26N2O/c1-4-18(21)19-13-15-12-14(2)10-11-17(15)20(3)16-8-6-5-7-9-16/h4,10-12,16H,1,5-9,13H2,2-3H3,(H,19,21). The van der Waals surface area contributed by atoms with Gasteiger partial charge in [0.05, 0.1) is 0 Å². The molecular formula is C18H26N2O. The van der Waals surface area contributed by atoms with E-state index in [4.69, 9.17) is 0 Å². The van der Waals surface area contributed by atoms with E-state index in [-0.39, 0.29) is 5.91 Å². The van der Waals surface area contributed by atoms with E-state index in [0.717, 1.165) is 0 Å². The fourth-order valence-corrected chi connectivity index (χ4v) is 3.12. The molecule has 2 rings (SSSR count). The number of anilines is 1. The number of nitrogens with zero attached hydrogens (tertiary/aromatic N) is 1. The van der Waals surface area contributed by atoms with Crippen LogP contribution < -0.4 is 10.2 Å². The van der Waals surface area contributed by atoms with Gasteiger partial charge in [-0.1, -0.05) is 43.5 Å². The lowest BCUT2D eigenvalue weighted by Crippen LogP contribution is -2.34. The summed E-state index contributed by atoms with van der Waals surface area (Å²) in [4.78, 5) is 13.8. The van der Waals surface area contributed by atoms with Crippen molar-refractivity contribution in [2.24, 2.45) is 0 Å². The molecule has 0 saturated heterocycles. The molecule has 1 aromatic rings. The van der Waals surface area contributed by atoms with E-state index < -0.39 is 0 Å². The smallest absolute Gasteiger partial charge is 0.243 e. The van der Waals surface area contributed by atoms with E-state index in [1.54, 1.807) is 0 Å². The number of hydrogen-bond donors (Lipinski definition) is 1. The molecule has 1 aromatic carbocycles. The zero-order valence-corrected chi connectivity index (χ0v) is 13.2. The Morgan fingerprint density at radius 1 is 1.38 bits per heavy atom. The van der Waals surface area contributed by atoms with Gasteiger partial charge in [-0.3, -0.25) is 4.79 Å². The molecule has 0 spiro atoms. The maximum absolute atomic E-state index is 11.4. The van der Waals surface area contributed by atoms with Gasteiger partial charge in [-0.05, 0) is 37.5 Å².